The van der Waals surface area contributed by atoms with Crippen LogP contribution in [0.15, 0.2) is 76.5 Å². The average molecular weight is 434 g/mol. The molecule has 6 heteroatoms. The maximum absolute atomic E-state index is 12.8. The van der Waals surface area contributed by atoms with Crippen molar-refractivity contribution in [3.8, 4) is 17.6 Å². The molecule has 0 amide bonds. The lowest BCUT2D eigenvalue weighted by Crippen LogP contribution is -2.03. The first-order valence-corrected chi connectivity index (χ1v) is 11.1. The van der Waals surface area contributed by atoms with Crippen LogP contribution in [0.5, 0.6) is 11.5 Å². The van der Waals surface area contributed by atoms with E-state index in [2.05, 4.69) is 0 Å². The van der Waals surface area contributed by atoms with Crippen LogP contribution in [-0.4, -0.2) is 15.5 Å². The zero-order valence-corrected chi connectivity index (χ0v) is 18.4. The molecule has 0 atom stereocenters. The van der Waals surface area contributed by atoms with Gasteiger partial charge in [0.15, 0.2) is 11.5 Å². The topological polar surface area (TPSA) is 76.4 Å². The minimum Gasteiger partial charge on any atom is -0.493 e. The van der Waals surface area contributed by atoms with E-state index in [4.69, 9.17) is 9.47 Å². The molecule has 0 aliphatic heterocycles. The van der Waals surface area contributed by atoms with Gasteiger partial charge < -0.3 is 9.47 Å². The molecular formula is C25H23NO4S. The first-order chi connectivity index (χ1) is 14.8. The van der Waals surface area contributed by atoms with E-state index in [9.17, 15) is 13.7 Å². The molecular weight excluding hydrogens is 410 g/mol. The van der Waals surface area contributed by atoms with Crippen molar-refractivity contribution in [1.82, 2.24) is 0 Å². The van der Waals surface area contributed by atoms with E-state index >= 15 is 0 Å². The predicted octanol–water partition coefficient (Wildman–Crippen LogP) is 5.23. The van der Waals surface area contributed by atoms with Gasteiger partial charge in [-0.2, -0.15) is 5.26 Å². The number of sulfone groups is 1. The smallest absolute Gasteiger partial charge is 0.216 e. The summed E-state index contributed by atoms with van der Waals surface area (Å²) in [5, 5.41) is 9.50. The first-order valence-electron chi connectivity index (χ1n) is 9.64. The van der Waals surface area contributed by atoms with E-state index in [0.717, 1.165) is 16.7 Å². The fraction of sp³-hybridized carbons (Fsp3) is 0.160. The van der Waals surface area contributed by atoms with E-state index in [-0.39, 0.29) is 9.80 Å². The first kappa shape index (κ1) is 22.1. The van der Waals surface area contributed by atoms with E-state index in [1.54, 1.807) is 30.3 Å². The molecule has 0 saturated carbocycles. The van der Waals surface area contributed by atoms with Crippen LogP contribution in [0.1, 0.15) is 22.3 Å². The summed E-state index contributed by atoms with van der Waals surface area (Å²) in [5.74, 6) is 0.982. The summed E-state index contributed by atoms with van der Waals surface area (Å²) in [4.78, 5) is -0.261. The Bertz CT molecular complexity index is 1250. The lowest BCUT2D eigenvalue weighted by molar-refractivity contribution is 0.284. The van der Waals surface area contributed by atoms with Gasteiger partial charge in [0, 0.05) is 0 Å². The molecule has 0 N–H and O–H groups in total. The Labute approximate surface area is 183 Å². The second-order valence-electron chi connectivity index (χ2n) is 7.06. The van der Waals surface area contributed by atoms with E-state index < -0.39 is 9.84 Å². The van der Waals surface area contributed by atoms with Gasteiger partial charge in [0.05, 0.1) is 12.0 Å². The van der Waals surface area contributed by atoms with Crippen molar-refractivity contribution >= 4 is 15.9 Å². The number of hydrogen-bond donors (Lipinski definition) is 0. The molecule has 0 aliphatic carbocycles. The van der Waals surface area contributed by atoms with Gasteiger partial charge in [0.1, 0.15) is 17.6 Å². The van der Waals surface area contributed by atoms with Gasteiger partial charge in [-0.25, -0.2) is 8.42 Å². The highest BCUT2D eigenvalue weighted by Crippen LogP contribution is 2.31. The second-order valence-corrected chi connectivity index (χ2v) is 8.98. The monoisotopic (exact) mass is 433 g/mol. The minimum atomic E-state index is -3.92. The molecule has 0 heterocycles. The lowest BCUT2D eigenvalue weighted by Gasteiger charge is -2.13. The highest BCUT2D eigenvalue weighted by molar-refractivity contribution is 7.95. The maximum Gasteiger partial charge on any atom is 0.216 e. The fourth-order valence-electron chi connectivity index (χ4n) is 2.99. The molecule has 0 spiro atoms. The fourth-order valence-corrected chi connectivity index (χ4v) is 4.15. The number of nitriles is 1. The molecule has 31 heavy (non-hydrogen) atoms. The Kier molecular flexibility index (Phi) is 6.78. The van der Waals surface area contributed by atoms with Crippen LogP contribution in [-0.2, 0) is 16.4 Å². The summed E-state index contributed by atoms with van der Waals surface area (Å²) >= 11 is 0. The normalized spacial score (nSPS) is 11.6. The molecule has 0 aromatic heterocycles. The summed E-state index contributed by atoms with van der Waals surface area (Å²) in [6.45, 7) is 4.26. The summed E-state index contributed by atoms with van der Waals surface area (Å²) in [7, 11) is -2.41. The molecule has 0 radical (unpaired) electrons. The third kappa shape index (κ3) is 5.14. The number of allylic oxidation sites excluding steroid dienone is 1. The summed E-state index contributed by atoms with van der Waals surface area (Å²) in [6, 6.07) is 21.2. The van der Waals surface area contributed by atoms with Crippen LogP contribution in [0.3, 0.4) is 0 Å². The van der Waals surface area contributed by atoms with Crippen LogP contribution in [0.4, 0.5) is 0 Å². The van der Waals surface area contributed by atoms with Crippen LogP contribution >= 0.6 is 0 Å². The Hall–Kier alpha value is -3.56. The van der Waals surface area contributed by atoms with Crippen LogP contribution < -0.4 is 9.47 Å². The molecule has 0 unspecified atom stereocenters. The predicted molar refractivity (Wildman–Crippen MR) is 120 cm³/mol. The number of nitrogens with zero attached hydrogens (tertiary/aromatic N) is 1. The van der Waals surface area contributed by atoms with Crippen molar-refractivity contribution < 1.29 is 17.9 Å². The van der Waals surface area contributed by atoms with Crippen molar-refractivity contribution in [3.05, 3.63) is 93.9 Å². The quantitative estimate of drug-likeness (QED) is 0.477. The van der Waals surface area contributed by atoms with Gasteiger partial charge in [0.2, 0.25) is 9.84 Å². The molecule has 0 bridgehead atoms. The molecule has 0 fully saturated rings. The number of hydrogen-bond acceptors (Lipinski definition) is 5. The standard InChI is InChI=1S/C25H23NO4S/c1-18-8-11-22(12-9-18)31(27,28)23(16-26)14-20-10-13-24(25(15-20)29-3)30-17-21-7-5-4-6-19(21)2/h4-15H,17H2,1-3H3. The highest BCUT2D eigenvalue weighted by atomic mass is 32.2. The summed E-state index contributed by atoms with van der Waals surface area (Å²) in [5.41, 5.74) is 3.64. The molecule has 158 valence electrons. The third-order valence-corrected chi connectivity index (χ3v) is 6.54. The number of ether oxygens (including phenoxy) is 2. The van der Waals surface area contributed by atoms with Gasteiger partial charge in [-0.1, -0.05) is 48.0 Å². The van der Waals surface area contributed by atoms with Crippen LogP contribution in [0.2, 0.25) is 0 Å². The summed E-state index contributed by atoms with van der Waals surface area (Å²) < 4.78 is 37.0. The van der Waals surface area contributed by atoms with E-state index in [0.29, 0.717) is 23.7 Å². The second kappa shape index (κ2) is 9.50. The molecule has 0 saturated heterocycles. The molecule has 3 aromatic carbocycles. The number of aryl methyl sites for hydroxylation is 2. The van der Waals surface area contributed by atoms with Gasteiger partial charge in [-0.3, -0.25) is 0 Å². The average Bonchev–Trinajstić information content (AvgIpc) is 2.77. The van der Waals surface area contributed by atoms with Crippen molar-refractivity contribution in [2.75, 3.05) is 7.11 Å². The number of benzene rings is 3. The Morgan fingerprint density at radius 2 is 1.71 bits per heavy atom. The Morgan fingerprint density at radius 1 is 1.00 bits per heavy atom. The molecule has 0 aliphatic rings. The highest BCUT2D eigenvalue weighted by Gasteiger charge is 2.21. The molecule has 5 nitrogen and oxygen atoms in total. The van der Waals surface area contributed by atoms with Gasteiger partial charge in [-0.05, 0) is 60.9 Å². The molecule has 3 rings (SSSR count). The van der Waals surface area contributed by atoms with Crippen LogP contribution in [0.25, 0.3) is 6.08 Å². The minimum absolute atomic E-state index is 0.0797. The summed E-state index contributed by atoms with van der Waals surface area (Å²) in [6.07, 6.45) is 1.34. The van der Waals surface area contributed by atoms with E-state index in [1.165, 1.54) is 25.3 Å². The molecule has 3 aromatic rings. The largest absolute Gasteiger partial charge is 0.493 e. The SMILES string of the molecule is COc1cc(C=C(C#N)S(=O)(=O)c2ccc(C)cc2)ccc1OCc1ccccc1C. The maximum atomic E-state index is 12.8. The van der Waals surface area contributed by atoms with Crippen molar-refractivity contribution in [3.63, 3.8) is 0 Å². The number of methoxy groups -OCH3 is 1. The third-order valence-electron chi connectivity index (χ3n) is 4.86. The lowest BCUT2D eigenvalue weighted by atomic mass is 10.1. The van der Waals surface area contributed by atoms with Gasteiger partial charge in [-0.15, -0.1) is 0 Å². The van der Waals surface area contributed by atoms with Crippen LogP contribution in [0, 0.1) is 25.2 Å². The van der Waals surface area contributed by atoms with Crippen molar-refractivity contribution in [2.24, 2.45) is 0 Å². The zero-order valence-electron chi connectivity index (χ0n) is 17.6. The van der Waals surface area contributed by atoms with Gasteiger partial charge >= 0.3 is 0 Å². The van der Waals surface area contributed by atoms with Gasteiger partial charge in [0.25, 0.3) is 0 Å². The Balaban J connectivity index is 1.88. The van der Waals surface area contributed by atoms with Crippen molar-refractivity contribution in [1.29, 1.82) is 5.26 Å². The zero-order chi connectivity index (χ0) is 22.4. The Morgan fingerprint density at radius 3 is 2.35 bits per heavy atom. The van der Waals surface area contributed by atoms with Crippen molar-refractivity contribution in [2.45, 2.75) is 25.3 Å². The number of rotatable bonds is 7. The van der Waals surface area contributed by atoms with E-state index in [1.807, 2.05) is 44.2 Å².